The first-order valence-corrected chi connectivity index (χ1v) is 3.63. The molecule has 0 bridgehead atoms. The molecule has 0 aromatic rings. The molecular weight excluding hydrogens is 144 g/mol. The lowest BCUT2D eigenvalue weighted by molar-refractivity contribution is 0.0238. The molecule has 0 atom stereocenters. The lowest BCUT2D eigenvalue weighted by Gasteiger charge is -2.02. The van der Waals surface area contributed by atoms with Crippen molar-refractivity contribution in [3.05, 3.63) is 0 Å². The average molecular weight is 155 g/mol. The van der Waals surface area contributed by atoms with Crippen molar-refractivity contribution in [2.75, 3.05) is 19.3 Å². The van der Waals surface area contributed by atoms with Gasteiger partial charge in [0.05, 0.1) is 6.54 Å². The molecule has 0 saturated carbocycles. The topological polar surface area (TPSA) is 12.0 Å². The van der Waals surface area contributed by atoms with Crippen LogP contribution in [-0.4, -0.2) is 25.3 Å². The summed E-state index contributed by atoms with van der Waals surface area (Å²) in [6.45, 7) is 0.333. The first-order chi connectivity index (χ1) is 4.21. The van der Waals surface area contributed by atoms with Crippen molar-refractivity contribution in [1.82, 2.24) is 5.32 Å². The van der Waals surface area contributed by atoms with Crippen LogP contribution in [-0.2, 0) is 0 Å². The fourth-order valence-electron chi connectivity index (χ4n) is 0.631. The summed E-state index contributed by atoms with van der Waals surface area (Å²) in [5.74, 6) is -2.42. The molecule has 1 rings (SSSR count). The van der Waals surface area contributed by atoms with Gasteiger partial charge in [-0.1, -0.05) is 0 Å². The summed E-state index contributed by atoms with van der Waals surface area (Å²) in [7, 11) is 0. The van der Waals surface area contributed by atoms with Crippen molar-refractivity contribution in [2.45, 2.75) is 12.3 Å². The van der Waals surface area contributed by atoms with Gasteiger partial charge in [-0.25, -0.2) is 8.78 Å². The Morgan fingerprint density at radius 3 is 2.11 bits per heavy atom. The Bertz CT molecular complexity index is 69.4. The van der Waals surface area contributed by atoms with Gasteiger partial charge in [-0.05, 0) is 6.26 Å². The van der Waals surface area contributed by atoms with Crippen molar-refractivity contribution in [1.29, 1.82) is 0 Å². The largest absolute Gasteiger partial charge is 0.311 e. The molecule has 1 N–H and O–H groups in total. The quantitative estimate of drug-likeness (QED) is 0.500. The van der Waals surface area contributed by atoms with Gasteiger partial charge in [-0.2, -0.15) is 12.6 Å². The minimum Gasteiger partial charge on any atom is -0.311 e. The number of hydrogen-bond donors (Lipinski definition) is 2. The predicted octanol–water partition coefficient (Wildman–Crippen LogP) is 1.16. The van der Waals surface area contributed by atoms with Crippen LogP contribution in [0.4, 0.5) is 8.78 Å². The van der Waals surface area contributed by atoms with Crippen LogP contribution in [0.25, 0.3) is 0 Å². The van der Waals surface area contributed by atoms with Crippen molar-refractivity contribution in [2.24, 2.45) is 0 Å². The first-order valence-electron chi connectivity index (χ1n) is 2.74. The van der Waals surface area contributed by atoms with Crippen LogP contribution in [0, 0.1) is 0 Å². The smallest absolute Gasteiger partial charge is 0.261 e. The zero-order valence-electron chi connectivity index (χ0n) is 5.32. The summed E-state index contributed by atoms with van der Waals surface area (Å²) < 4.78 is 23.8. The lowest BCUT2D eigenvalue weighted by atomic mass is 10.3. The third-order valence-corrected chi connectivity index (χ3v) is 1.05. The summed E-state index contributed by atoms with van der Waals surface area (Å²) in [5.41, 5.74) is 0. The van der Waals surface area contributed by atoms with Crippen LogP contribution in [0.2, 0.25) is 0 Å². The standard InChI is InChI=1S/C4H7F2N.CH4S/c5-4(6)1-2-7-3-4;1-2/h7H,1-3H2;2H,1H3. The molecule has 0 amide bonds. The SMILES string of the molecule is CS.FC1(F)CCNC1. The van der Waals surface area contributed by atoms with E-state index in [4.69, 9.17) is 0 Å². The Labute approximate surface area is 59.2 Å². The van der Waals surface area contributed by atoms with Gasteiger partial charge in [-0.15, -0.1) is 0 Å². The second-order valence-electron chi connectivity index (χ2n) is 1.78. The highest BCUT2D eigenvalue weighted by Crippen LogP contribution is 2.19. The maximum absolute atomic E-state index is 11.9. The van der Waals surface area contributed by atoms with Crippen LogP contribution in [0.5, 0.6) is 0 Å². The molecule has 0 radical (unpaired) electrons. The first kappa shape index (κ1) is 9.17. The fourth-order valence-corrected chi connectivity index (χ4v) is 0.631. The molecule has 4 heteroatoms. The van der Waals surface area contributed by atoms with E-state index in [0.29, 0.717) is 6.54 Å². The molecule has 9 heavy (non-hydrogen) atoms. The third-order valence-electron chi connectivity index (χ3n) is 1.05. The normalized spacial score (nSPS) is 22.7. The van der Waals surface area contributed by atoms with E-state index in [1.54, 1.807) is 6.26 Å². The van der Waals surface area contributed by atoms with Crippen LogP contribution in [0.15, 0.2) is 0 Å². The zero-order valence-corrected chi connectivity index (χ0v) is 6.22. The minimum atomic E-state index is -2.42. The number of hydrogen-bond acceptors (Lipinski definition) is 2. The second-order valence-corrected chi connectivity index (χ2v) is 1.78. The maximum Gasteiger partial charge on any atom is 0.261 e. The molecule has 1 aliphatic heterocycles. The molecule has 0 aromatic carbocycles. The Balaban J connectivity index is 0.000000291. The van der Waals surface area contributed by atoms with Crippen molar-refractivity contribution >= 4 is 12.6 Å². The van der Waals surface area contributed by atoms with Gasteiger partial charge >= 0.3 is 0 Å². The summed E-state index contributed by atoms with van der Waals surface area (Å²) in [6, 6.07) is 0. The third kappa shape index (κ3) is 3.70. The molecule has 1 fully saturated rings. The lowest BCUT2D eigenvalue weighted by Crippen LogP contribution is -2.18. The maximum atomic E-state index is 11.9. The molecule has 0 aliphatic carbocycles. The number of halogens is 2. The van der Waals surface area contributed by atoms with Crippen LogP contribution in [0.1, 0.15) is 6.42 Å². The van der Waals surface area contributed by atoms with E-state index in [1.165, 1.54) is 0 Å². The fraction of sp³-hybridized carbons (Fsp3) is 1.00. The highest BCUT2D eigenvalue weighted by Gasteiger charge is 2.32. The number of rotatable bonds is 0. The molecular formula is C5H11F2NS. The highest BCUT2D eigenvalue weighted by molar-refractivity contribution is 7.79. The van der Waals surface area contributed by atoms with Gasteiger partial charge in [0.25, 0.3) is 5.92 Å². The molecule has 0 aromatic heterocycles. The molecule has 1 heterocycles. The summed E-state index contributed by atoms with van der Waals surface area (Å²) in [4.78, 5) is 0. The van der Waals surface area contributed by atoms with Gasteiger partial charge in [-0.3, -0.25) is 0 Å². The highest BCUT2D eigenvalue weighted by atomic mass is 32.1. The van der Waals surface area contributed by atoms with Gasteiger partial charge in [0.2, 0.25) is 0 Å². The van der Waals surface area contributed by atoms with E-state index in [1.807, 2.05) is 0 Å². The summed E-state index contributed by atoms with van der Waals surface area (Å²) in [5, 5.41) is 2.56. The number of thiol groups is 1. The van der Waals surface area contributed by atoms with Gasteiger partial charge < -0.3 is 5.32 Å². The monoisotopic (exact) mass is 155 g/mol. The van der Waals surface area contributed by atoms with Crippen molar-refractivity contribution in [3.63, 3.8) is 0 Å². The van der Waals surface area contributed by atoms with E-state index < -0.39 is 5.92 Å². The molecule has 1 nitrogen and oxygen atoms in total. The molecule has 0 spiro atoms. The summed E-state index contributed by atoms with van der Waals surface area (Å²) in [6.07, 6.45) is 1.70. The number of nitrogens with one attached hydrogen (secondary N) is 1. The Kier molecular flexibility index (Phi) is 4.14. The molecule has 1 saturated heterocycles. The van der Waals surface area contributed by atoms with Crippen molar-refractivity contribution < 1.29 is 8.78 Å². The van der Waals surface area contributed by atoms with E-state index in [9.17, 15) is 8.78 Å². The average Bonchev–Trinajstić information content (AvgIpc) is 2.19. The van der Waals surface area contributed by atoms with Crippen LogP contribution >= 0.6 is 12.6 Å². The van der Waals surface area contributed by atoms with Crippen LogP contribution in [0.3, 0.4) is 0 Å². The molecule has 56 valence electrons. The Morgan fingerprint density at radius 1 is 1.44 bits per heavy atom. The predicted molar refractivity (Wildman–Crippen MR) is 37.3 cm³/mol. The number of alkyl halides is 2. The van der Waals surface area contributed by atoms with Gasteiger partial charge in [0.1, 0.15) is 0 Å². The Hall–Kier alpha value is 0.170. The summed E-state index contributed by atoms with van der Waals surface area (Å²) >= 11 is 3.53. The Morgan fingerprint density at radius 2 is 2.00 bits per heavy atom. The molecule has 0 unspecified atom stereocenters. The van der Waals surface area contributed by atoms with Crippen molar-refractivity contribution in [3.8, 4) is 0 Å². The van der Waals surface area contributed by atoms with Gasteiger partial charge in [0, 0.05) is 13.0 Å². The zero-order chi connectivity index (χ0) is 7.33. The minimum absolute atomic E-state index is 0.00694. The van der Waals surface area contributed by atoms with E-state index in [0.717, 1.165) is 0 Å². The van der Waals surface area contributed by atoms with Crippen LogP contribution < -0.4 is 5.32 Å². The van der Waals surface area contributed by atoms with E-state index >= 15 is 0 Å². The second kappa shape index (κ2) is 4.06. The molecule has 1 aliphatic rings. The van der Waals surface area contributed by atoms with E-state index in [2.05, 4.69) is 17.9 Å². The van der Waals surface area contributed by atoms with Gasteiger partial charge in [0.15, 0.2) is 0 Å². The van der Waals surface area contributed by atoms with E-state index in [-0.39, 0.29) is 13.0 Å².